The van der Waals surface area contributed by atoms with E-state index >= 15 is 0 Å². The van der Waals surface area contributed by atoms with Gasteiger partial charge in [-0.2, -0.15) is 4.72 Å². The molecule has 3 N–H and O–H groups in total. The molecular weight excluding hydrogens is 544 g/mol. The molecule has 41 heavy (non-hydrogen) atoms. The van der Waals surface area contributed by atoms with Crippen molar-refractivity contribution >= 4 is 38.6 Å². The van der Waals surface area contributed by atoms with Crippen molar-refractivity contribution in [1.82, 2.24) is 4.72 Å². The number of sulfonamides is 1. The highest BCUT2D eigenvalue weighted by Gasteiger charge is 2.32. The number of hydrogen-bond donors (Lipinski definition) is 3. The van der Waals surface area contributed by atoms with Gasteiger partial charge in [-0.3, -0.25) is 9.59 Å². The number of aryl methyl sites for hydroxylation is 1. The molecule has 0 spiro atoms. The average molecular weight is 579 g/mol. The number of nitrogens with one attached hydrogen (secondary N) is 2. The van der Waals surface area contributed by atoms with E-state index in [4.69, 9.17) is 9.15 Å². The fraction of sp³-hybridized carbons (Fsp3) is 0.290. The molecule has 9 nitrogen and oxygen atoms in total. The fourth-order valence-electron chi connectivity index (χ4n) is 4.32. The lowest BCUT2D eigenvalue weighted by Gasteiger charge is -2.26. The van der Waals surface area contributed by atoms with E-state index in [1.54, 1.807) is 90.1 Å². The van der Waals surface area contributed by atoms with E-state index in [1.165, 1.54) is 18.2 Å². The molecule has 10 heteroatoms. The topological polar surface area (TPSA) is 135 Å². The number of amides is 1. The lowest BCUT2D eigenvalue weighted by Crippen LogP contribution is -2.47. The number of rotatable bonds is 8. The van der Waals surface area contributed by atoms with Crippen LogP contribution in [-0.2, 0) is 19.6 Å². The lowest BCUT2D eigenvalue weighted by molar-refractivity contribution is -0.158. The zero-order valence-electron chi connectivity index (χ0n) is 23.8. The zero-order chi connectivity index (χ0) is 30.1. The van der Waals surface area contributed by atoms with E-state index in [0.29, 0.717) is 22.2 Å². The van der Waals surface area contributed by atoms with E-state index in [0.717, 1.165) is 11.1 Å². The van der Waals surface area contributed by atoms with Crippen molar-refractivity contribution < 1.29 is 32.3 Å². The van der Waals surface area contributed by atoms with Gasteiger partial charge in [0.2, 0.25) is 10.0 Å². The monoisotopic (exact) mass is 578 g/mol. The molecule has 0 fully saturated rings. The van der Waals surface area contributed by atoms with Crippen molar-refractivity contribution in [1.29, 1.82) is 0 Å². The summed E-state index contributed by atoms with van der Waals surface area (Å²) >= 11 is 0. The van der Waals surface area contributed by atoms with Crippen molar-refractivity contribution in [2.24, 2.45) is 5.92 Å². The Labute approximate surface area is 239 Å². The molecule has 0 aliphatic rings. The van der Waals surface area contributed by atoms with Crippen molar-refractivity contribution in [2.75, 3.05) is 5.32 Å². The van der Waals surface area contributed by atoms with Gasteiger partial charge in [-0.05, 0) is 81.1 Å². The van der Waals surface area contributed by atoms with Crippen LogP contribution in [0.1, 0.15) is 50.7 Å². The second kappa shape index (κ2) is 11.4. The van der Waals surface area contributed by atoms with Crippen LogP contribution in [0.15, 0.2) is 76.0 Å². The van der Waals surface area contributed by atoms with Crippen LogP contribution in [0.5, 0.6) is 5.75 Å². The number of carbonyl (C=O) groups is 2. The summed E-state index contributed by atoms with van der Waals surface area (Å²) in [7, 11) is -3.99. The Hall–Kier alpha value is -4.15. The van der Waals surface area contributed by atoms with E-state index in [1.807, 2.05) is 0 Å². The highest BCUT2D eigenvalue weighted by molar-refractivity contribution is 7.89. The molecule has 0 radical (unpaired) electrons. The third kappa shape index (κ3) is 6.78. The van der Waals surface area contributed by atoms with Crippen LogP contribution in [0.4, 0.5) is 5.69 Å². The summed E-state index contributed by atoms with van der Waals surface area (Å²) in [5.41, 5.74) is 2.33. The molecule has 3 aromatic carbocycles. The van der Waals surface area contributed by atoms with Crippen molar-refractivity contribution in [2.45, 2.75) is 58.1 Å². The number of esters is 1. The van der Waals surface area contributed by atoms with Gasteiger partial charge >= 0.3 is 5.97 Å². The predicted octanol–water partition coefficient (Wildman–Crippen LogP) is 6.01. The first-order valence-electron chi connectivity index (χ1n) is 13.1. The zero-order valence-corrected chi connectivity index (χ0v) is 24.6. The highest BCUT2D eigenvalue weighted by Crippen LogP contribution is 2.33. The minimum Gasteiger partial charge on any atom is -0.507 e. The van der Waals surface area contributed by atoms with E-state index in [2.05, 4.69) is 10.0 Å². The van der Waals surface area contributed by atoms with Crippen molar-refractivity contribution in [3.05, 3.63) is 78.1 Å². The first-order valence-corrected chi connectivity index (χ1v) is 14.6. The summed E-state index contributed by atoms with van der Waals surface area (Å²) < 4.78 is 39.6. The van der Waals surface area contributed by atoms with Gasteiger partial charge in [-0.25, -0.2) is 8.42 Å². The molecule has 0 saturated heterocycles. The number of ether oxygens (including phenoxy) is 1. The Balaban J connectivity index is 1.46. The lowest BCUT2D eigenvalue weighted by atomic mass is 10.1. The van der Waals surface area contributed by atoms with Gasteiger partial charge in [-0.15, -0.1) is 0 Å². The number of hydrogen-bond acceptors (Lipinski definition) is 7. The van der Waals surface area contributed by atoms with Crippen LogP contribution >= 0.6 is 0 Å². The summed E-state index contributed by atoms with van der Waals surface area (Å²) in [5.74, 6) is -1.24. The van der Waals surface area contributed by atoms with Gasteiger partial charge in [-0.1, -0.05) is 44.2 Å². The molecule has 1 aromatic heterocycles. The number of phenolic OH excluding ortho intramolecular Hbond substituents is 1. The van der Waals surface area contributed by atoms with E-state index in [-0.39, 0.29) is 22.3 Å². The van der Waals surface area contributed by atoms with E-state index < -0.39 is 33.5 Å². The van der Waals surface area contributed by atoms with Crippen LogP contribution in [0.2, 0.25) is 0 Å². The minimum absolute atomic E-state index is 0.0200. The number of furan rings is 1. The van der Waals surface area contributed by atoms with Crippen LogP contribution < -0.4 is 10.0 Å². The average Bonchev–Trinajstić information content (AvgIpc) is 3.24. The fourth-order valence-corrected chi connectivity index (χ4v) is 5.65. The summed E-state index contributed by atoms with van der Waals surface area (Å²) in [5, 5.41) is 13.4. The van der Waals surface area contributed by atoms with Gasteiger partial charge < -0.3 is 19.6 Å². The summed E-state index contributed by atoms with van der Waals surface area (Å²) in [6.07, 6.45) is 0. The van der Waals surface area contributed by atoms with Gasteiger partial charge in [0.15, 0.2) is 5.76 Å². The van der Waals surface area contributed by atoms with Crippen LogP contribution in [-0.4, -0.2) is 37.0 Å². The van der Waals surface area contributed by atoms with Crippen LogP contribution in [0, 0.1) is 12.8 Å². The van der Waals surface area contributed by atoms with E-state index in [9.17, 15) is 23.1 Å². The number of aromatic hydroxyl groups is 1. The van der Waals surface area contributed by atoms with Gasteiger partial charge in [0.25, 0.3) is 5.91 Å². The normalized spacial score (nSPS) is 12.9. The van der Waals surface area contributed by atoms with Crippen LogP contribution in [0.3, 0.4) is 0 Å². The Kier molecular flexibility index (Phi) is 8.28. The predicted molar refractivity (Wildman–Crippen MR) is 157 cm³/mol. The van der Waals surface area contributed by atoms with Gasteiger partial charge in [0, 0.05) is 11.3 Å². The third-order valence-electron chi connectivity index (χ3n) is 6.39. The second-order valence-corrected chi connectivity index (χ2v) is 12.9. The highest BCUT2D eigenvalue weighted by atomic mass is 32.2. The maximum Gasteiger partial charge on any atom is 0.324 e. The van der Waals surface area contributed by atoms with Gasteiger partial charge in [0.05, 0.1) is 10.3 Å². The number of anilines is 1. The molecular formula is C31H34N2O7S. The quantitative estimate of drug-likeness (QED) is 0.218. The molecule has 4 aromatic rings. The smallest absolute Gasteiger partial charge is 0.324 e. The summed E-state index contributed by atoms with van der Waals surface area (Å²) in [6.45, 7) is 10.4. The molecule has 0 bridgehead atoms. The molecule has 1 atom stereocenters. The van der Waals surface area contributed by atoms with Crippen LogP contribution in [0.25, 0.3) is 22.1 Å². The molecule has 0 aliphatic carbocycles. The molecule has 0 saturated carbocycles. The number of benzene rings is 3. The Bertz CT molecular complexity index is 1680. The Morgan fingerprint density at radius 2 is 1.51 bits per heavy atom. The largest absolute Gasteiger partial charge is 0.507 e. The third-order valence-corrected chi connectivity index (χ3v) is 7.85. The van der Waals surface area contributed by atoms with Gasteiger partial charge in [0.1, 0.15) is 23.0 Å². The molecule has 4 rings (SSSR count). The summed E-state index contributed by atoms with van der Waals surface area (Å²) in [4.78, 5) is 25.5. The molecule has 216 valence electrons. The Morgan fingerprint density at radius 3 is 2.05 bits per heavy atom. The first kappa shape index (κ1) is 29.8. The number of phenols is 1. The first-order chi connectivity index (χ1) is 19.2. The molecule has 1 heterocycles. The van der Waals surface area contributed by atoms with Crippen molar-refractivity contribution in [3.8, 4) is 16.9 Å². The number of carbonyl (C=O) groups excluding carboxylic acids is 2. The SMILES string of the molecule is Cc1c(C(=O)Nc2ccc(-c3ccc(S(=O)(=O)NC(C(=O)OC(C)(C)C)C(C)C)cc3)cc2)oc2cccc(O)c12. The number of fused-ring (bicyclic) bond motifs is 1. The van der Waals surface area contributed by atoms with Crippen molar-refractivity contribution in [3.63, 3.8) is 0 Å². The minimum atomic E-state index is -3.99. The molecule has 1 amide bonds. The maximum atomic E-state index is 13.0. The standard InChI is InChI=1S/C31H34N2O7S/c1-18(2)27(30(36)40-31(4,5)6)33-41(37,38)23-16-12-21(13-17-23)20-10-14-22(15-11-20)32-29(35)28-19(3)26-24(34)8-7-9-25(26)39-28/h7-18,27,33-34H,1-6H3,(H,32,35). The summed E-state index contributed by atoms with van der Waals surface area (Å²) in [6, 6.07) is 17.2. The molecule has 0 aliphatic heterocycles. The Morgan fingerprint density at radius 1 is 0.927 bits per heavy atom. The molecule has 1 unspecified atom stereocenters. The second-order valence-electron chi connectivity index (χ2n) is 11.1. The maximum absolute atomic E-state index is 13.0.